The highest BCUT2D eigenvalue weighted by molar-refractivity contribution is 6.04. The van der Waals surface area contributed by atoms with Crippen LogP contribution in [0.1, 0.15) is 68.4 Å². The van der Waals surface area contributed by atoms with E-state index >= 15 is 0 Å². The van der Waals surface area contributed by atoms with Crippen LogP contribution >= 0.6 is 0 Å². The van der Waals surface area contributed by atoms with Crippen molar-refractivity contribution in [3.8, 4) is 11.5 Å². The van der Waals surface area contributed by atoms with Crippen molar-refractivity contribution in [1.29, 1.82) is 0 Å². The van der Waals surface area contributed by atoms with E-state index in [1.165, 1.54) is 12.1 Å². The minimum Gasteiger partial charge on any atom is -0.493 e. The third-order valence-electron chi connectivity index (χ3n) is 7.94. The molecule has 39 heavy (non-hydrogen) atoms. The summed E-state index contributed by atoms with van der Waals surface area (Å²) in [6, 6.07) is 11.7. The van der Waals surface area contributed by atoms with Gasteiger partial charge in [0.15, 0.2) is 17.3 Å². The third-order valence-corrected chi connectivity index (χ3v) is 7.94. The average Bonchev–Trinajstić information content (AvgIpc) is 3.44. The molecular formula is C30H32N2O7. The molecule has 1 fully saturated rings. The molecule has 1 aliphatic heterocycles. The Balaban J connectivity index is 1.53. The van der Waals surface area contributed by atoms with Crippen molar-refractivity contribution >= 4 is 17.4 Å². The predicted octanol–water partition coefficient (Wildman–Crippen LogP) is 5.46. The Kier molecular flexibility index (Phi) is 7.41. The smallest absolute Gasteiger partial charge is 0.337 e. The summed E-state index contributed by atoms with van der Waals surface area (Å²) in [5.74, 6) is -0.0880. The monoisotopic (exact) mass is 532 g/mol. The fourth-order valence-corrected chi connectivity index (χ4v) is 5.99. The highest BCUT2D eigenvalue weighted by Crippen LogP contribution is 2.47. The summed E-state index contributed by atoms with van der Waals surface area (Å²) in [5.41, 5.74) is 3.82. The molecule has 1 heterocycles. The molecule has 0 aromatic heterocycles. The number of benzene rings is 2. The van der Waals surface area contributed by atoms with E-state index in [0.29, 0.717) is 40.3 Å². The molecule has 2 aromatic carbocycles. The van der Waals surface area contributed by atoms with Gasteiger partial charge < -0.3 is 19.5 Å². The summed E-state index contributed by atoms with van der Waals surface area (Å²) in [4.78, 5) is 38.2. The molecule has 2 atom stereocenters. The maximum Gasteiger partial charge on any atom is 0.337 e. The molecular weight excluding hydrogens is 500 g/mol. The van der Waals surface area contributed by atoms with Crippen LogP contribution in [0.2, 0.25) is 0 Å². The largest absolute Gasteiger partial charge is 0.493 e. The summed E-state index contributed by atoms with van der Waals surface area (Å²) in [5, 5.41) is 14.6. The van der Waals surface area contributed by atoms with Crippen LogP contribution in [-0.2, 0) is 14.3 Å². The number of carbonyl (C=O) groups excluding carboxylic acids is 2. The number of dihydropyridines is 1. The first kappa shape index (κ1) is 26.5. The second-order valence-electron chi connectivity index (χ2n) is 10.3. The highest BCUT2D eigenvalue weighted by Gasteiger charge is 2.42. The molecule has 5 rings (SSSR count). The normalized spacial score (nSPS) is 21.4. The van der Waals surface area contributed by atoms with E-state index < -0.39 is 16.8 Å². The summed E-state index contributed by atoms with van der Waals surface area (Å²) in [6.07, 6.45) is 4.37. The van der Waals surface area contributed by atoms with E-state index in [0.717, 1.165) is 36.9 Å². The maximum atomic E-state index is 13.8. The Bertz CT molecular complexity index is 1370. The van der Waals surface area contributed by atoms with Gasteiger partial charge in [0.2, 0.25) is 0 Å². The molecule has 204 valence electrons. The number of nitro groups is 1. The standard InChI is InChI=1S/C30H32N2O7/c1-17-27(30(34)39-22-6-4-5-7-22)28(18-8-11-21(12-9-18)32(35)36)29-23(31-17)14-20(15-24(29)33)19-10-13-25(37-2)26(16-19)38-3/h8-13,16,20,22,28,31H,4-7,14-15H2,1-3H3. The molecule has 0 amide bonds. The molecule has 0 saturated heterocycles. The van der Waals surface area contributed by atoms with Gasteiger partial charge in [0.25, 0.3) is 5.69 Å². The van der Waals surface area contributed by atoms with Crippen LogP contribution in [0.15, 0.2) is 65.0 Å². The maximum absolute atomic E-state index is 13.8. The quantitative estimate of drug-likeness (QED) is 0.284. The van der Waals surface area contributed by atoms with E-state index in [1.54, 1.807) is 26.4 Å². The van der Waals surface area contributed by atoms with Crippen LogP contribution < -0.4 is 14.8 Å². The zero-order valence-electron chi connectivity index (χ0n) is 22.3. The molecule has 2 aliphatic carbocycles. The van der Waals surface area contributed by atoms with Gasteiger partial charge in [-0.3, -0.25) is 14.9 Å². The number of hydrogen-bond acceptors (Lipinski definition) is 8. The lowest BCUT2D eigenvalue weighted by Crippen LogP contribution is -2.36. The van der Waals surface area contributed by atoms with Crippen molar-refractivity contribution in [3.05, 3.63) is 86.2 Å². The van der Waals surface area contributed by atoms with Crippen LogP contribution in [0, 0.1) is 10.1 Å². The predicted molar refractivity (Wildman–Crippen MR) is 144 cm³/mol. The van der Waals surface area contributed by atoms with E-state index in [-0.39, 0.29) is 29.9 Å². The molecule has 3 aliphatic rings. The number of methoxy groups -OCH3 is 2. The topological polar surface area (TPSA) is 117 Å². The number of ketones is 1. The first-order valence-electron chi connectivity index (χ1n) is 13.2. The molecule has 9 nitrogen and oxygen atoms in total. The Hall–Kier alpha value is -4.14. The minimum atomic E-state index is -0.671. The zero-order valence-corrected chi connectivity index (χ0v) is 22.3. The first-order chi connectivity index (χ1) is 18.8. The number of ether oxygens (including phenoxy) is 3. The Morgan fingerprint density at radius 3 is 2.28 bits per heavy atom. The van der Waals surface area contributed by atoms with Gasteiger partial charge in [-0.15, -0.1) is 0 Å². The van der Waals surface area contributed by atoms with Gasteiger partial charge in [0.05, 0.1) is 24.7 Å². The number of carbonyl (C=O) groups is 2. The second-order valence-corrected chi connectivity index (χ2v) is 10.3. The molecule has 0 radical (unpaired) electrons. The van der Waals surface area contributed by atoms with Crippen LogP contribution in [0.3, 0.4) is 0 Å². The molecule has 1 N–H and O–H groups in total. The summed E-state index contributed by atoms with van der Waals surface area (Å²) < 4.78 is 16.7. The van der Waals surface area contributed by atoms with Crippen molar-refractivity contribution in [2.75, 3.05) is 14.2 Å². The fraction of sp³-hybridized carbons (Fsp3) is 0.400. The van der Waals surface area contributed by atoms with Gasteiger partial charge in [-0.25, -0.2) is 4.79 Å². The van der Waals surface area contributed by atoms with Crippen molar-refractivity contribution in [3.63, 3.8) is 0 Å². The van der Waals surface area contributed by atoms with Gasteiger partial charge >= 0.3 is 5.97 Å². The Labute approximate surface area is 227 Å². The number of esters is 1. The number of nitro benzene ring substituents is 1. The highest BCUT2D eigenvalue weighted by atomic mass is 16.6. The number of Topliss-reactive ketones (excluding diaryl/α,β-unsaturated/α-hetero) is 1. The van der Waals surface area contributed by atoms with E-state index in [9.17, 15) is 19.7 Å². The van der Waals surface area contributed by atoms with Crippen LogP contribution in [0.5, 0.6) is 11.5 Å². The number of hydrogen-bond donors (Lipinski definition) is 1. The number of nitrogens with one attached hydrogen (secondary N) is 1. The van der Waals surface area contributed by atoms with Crippen LogP contribution in [0.25, 0.3) is 0 Å². The lowest BCUT2D eigenvalue weighted by atomic mass is 9.71. The van der Waals surface area contributed by atoms with Crippen molar-refractivity contribution in [1.82, 2.24) is 5.32 Å². The summed E-state index contributed by atoms with van der Waals surface area (Å²) >= 11 is 0. The molecule has 9 heteroatoms. The van der Waals surface area contributed by atoms with Crippen LogP contribution in [0.4, 0.5) is 5.69 Å². The number of allylic oxidation sites excluding steroid dienone is 3. The second kappa shape index (κ2) is 10.9. The molecule has 0 spiro atoms. The van der Waals surface area contributed by atoms with Gasteiger partial charge in [-0.05, 0) is 68.2 Å². The Morgan fingerprint density at radius 1 is 0.974 bits per heavy atom. The van der Waals surface area contributed by atoms with Gasteiger partial charge in [-0.1, -0.05) is 18.2 Å². The summed E-state index contributed by atoms with van der Waals surface area (Å²) in [7, 11) is 3.15. The third kappa shape index (κ3) is 5.13. The average molecular weight is 533 g/mol. The summed E-state index contributed by atoms with van der Waals surface area (Å²) in [6.45, 7) is 1.82. The van der Waals surface area contributed by atoms with Crippen LogP contribution in [-0.4, -0.2) is 37.0 Å². The number of rotatable bonds is 7. The van der Waals surface area contributed by atoms with Crippen molar-refractivity contribution < 1.29 is 28.7 Å². The van der Waals surface area contributed by atoms with Gasteiger partial charge in [-0.2, -0.15) is 0 Å². The lowest BCUT2D eigenvalue weighted by Gasteiger charge is -2.37. The van der Waals surface area contributed by atoms with E-state index in [1.807, 2.05) is 25.1 Å². The van der Waals surface area contributed by atoms with Crippen molar-refractivity contribution in [2.45, 2.75) is 63.4 Å². The zero-order chi connectivity index (χ0) is 27.7. The molecule has 2 aromatic rings. The number of nitrogens with zero attached hydrogens (tertiary/aromatic N) is 1. The van der Waals surface area contributed by atoms with Gasteiger partial charge in [0.1, 0.15) is 6.10 Å². The minimum absolute atomic E-state index is 0.0545. The molecule has 1 saturated carbocycles. The Morgan fingerprint density at radius 2 is 1.64 bits per heavy atom. The number of non-ortho nitro benzene ring substituents is 1. The fourth-order valence-electron chi connectivity index (χ4n) is 5.99. The van der Waals surface area contributed by atoms with Gasteiger partial charge in [0, 0.05) is 41.4 Å². The SMILES string of the molecule is COc1ccc(C2CC(=O)C3=C(C2)NC(C)=C(C(=O)OC2CCCC2)C3c2ccc([N+](=O)[O-])cc2)cc1OC. The molecule has 0 bridgehead atoms. The van der Waals surface area contributed by atoms with Crippen molar-refractivity contribution in [2.24, 2.45) is 0 Å². The lowest BCUT2D eigenvalue weighted by molar-refractivity contribution is -0.384. The van der Waals surface area contributed by atoms with E-state index in [4.69, 9.17) is 14.2 Å². The first-order valence-corrected chi connectivity index (χ1v) is 13.2. The molecule has 2 unspecified atom stereocenters. The van der Waals surface area contributed by atoms with E-state index in [2.05, 4.69) is 5.32 Å².